The first-order chi connectivity index (χ1) is 20.3. The SMILES string of the molecule is c1ccc2c(c1)Cc1cc3c4c(cccc4c1-2)-c1cccc2c1B3c1cc3c(c4cccc-2c14)-c1ccccc1C3. The van der Waals surface area contributed by atoms with Gasteiger partial charge in [0.15, 0.2) is 0 Å². The van der Waals surface area contributed by atoms with Gasteiger partial charge in [-0.1, -0.05) is 132 Å². The highest BCUT2D eigenvalue weighted by molar-refractivity contribution is 7.01. The zero-order chi connectivity index (χ0) is 26.4. The van der Waals surface area contributed by atoms with E-state index >= 15 is 0 Å². The van der Waals surface area contributed by atoms with Gasteiger partial charge in [-0.2, -0.15) is 0 Å². The van der Waals surface area contributed by atoms with Gasteiger partial charge in [-0.05, 0) is 101 Å². The summed E-state index contributed by atoms with van der Waals surface area (Å²) in [5.41, 5.74) is 21.7. The molecule has 1 heteroatoms. The van der Waals surface area contributed by atoms with Crippen LogP contribution in [0.4, 0.5) is 0 Å². The molecule has 0 bridgehead atoms. The van der Waals surface area contributed by atoms with Crippen molar-refractivity contribution in [3.05, 3.63) is 138 Å². The second-order valence-electron chi connectivity index (χ2n) is 12.3. The molecule has 0 saturated carbocycles. The van der Waals surface area contributed by atoms with Gasteiger partial charge in [-0.15, -0.1) is 0 Å². The lowest BCUT2D eigenvalue weighted by atomic mass is 9.30. The smallest absolute Gasteiger partial charge is 0.0621 e. The highest BCUT2D eigenvalue weighted by Gasteiger charge is 2.40. The topological polar surface area (TPSA) is 0 Å². The molecule has 0 nitrogen and oxygen atoms in total. The Morgan fingerprint density at radius 2 is 0.829 bits per heavy atom. The summed E-state index contributed by atoms with van der Waals surface area (Å²) in [5.74, 6) is 0. The molecule has 2 aliphatic heterocycles. The molecular weight excluding hydrogens is 491 g/mol. The number of hydrogen-bond acceptors (Lipinski definition) is 0. The summed E-state index contributed by atoms with van der Waals surface area (Å²) in [7, 11) is 0. The molecule has 0 atom stereocenters. The van der Waals surface area contributed by atoms with Gasteiger partial charge in [-0.3, -0.25) is 0 Å². The Balaban J connectivity index is 1.31. The van der Waals surface area contributed by atoms with Crippen LogP contribution in [0.15, 0.2) is 115 Å². The fraction of sp³-hybridized carbons (Fsp3) is 0.0500. The van der Waals surface area contributed by atoms with E-state index in [-0.39, 0.29) is 6.71 Å². The van der Waals surface area contributed by atoms with Crippen molar-refractivity contribution >= 4 is 44.6 Å². The highest BCUT2D eigenvalue weighted by atomic mass is 14.3. The Bertz CT molecular complexity index is 2210. The van der Waals surface area contributed by atoms with E-state index in [9.17, 15) is 0 Å². The molecule has 2 aliphatic carbocycles. The molecule has 0 saturated heterocycles. The van der Waals surface area contributed by atoms with Crippen molar-refractivity contribution in [2.24, 2.45) is 0 Å². The minimum Gasteiger partial charge on any atom is -0.0621 e. The zero-order valence-electron chi connectivity index (χ0n) is 22.5. The monoisotopic (exact) mass is 514 g/mol. The Kier molecular flexibility index (Phi) is 3.61. The van der Waals surface area contributed by atoms with Crippen molar-refractivity contribution in [3.63, 3.8) is 0 Å². The van der Waals surface area contributed by atoms with E-state index in [0.717, 1.165) is 12.8 Å². The van der Waals surface area contributed by atoms with Crippen LogP contribution in [0.1, 0.15) is 22.3 Å². The molecule has 0 unspecified atom stereocenters. The molecule has 7 aromatic carbocycles. The molecule has 0 fully saturated rings. The third-order valence-electron chi connectivity index (χ3n) is 10.5. The van der Waals surface area contributed by atoms with Crippen molar-refractivity contribution in [1.29, 1.82) is 0 Å². The average Bonchev–Trinajstić information content (AvgIpc) is 3.59. The van der Waals surface area contributed by atoms with Gasteiger partial charge in [0.25, 0.3) is 0 Å². The lowest BCUT2D eigenvalue weighted by molar-refractivity contribution is 1.27. The third kappa shape index (κ3) is 2.38. The van der Waals surface area contributed by atoms with Crippen molar-refractivity contribution in [1.82, 2.24) is 0 Å². The van der Waals surface area contributed by atoms with E-state index < -0.39 is 0 Å². The van der Waals surface area contributed by atoms with Crippen molar-refractivity contribution in [2.45, 2.75) is 12.8 Å². The fourth-order valence-corrected chi connectivity index (χ4v) is 9.04. The van der Waals surface area contributed by atoms with Crippen LogP contribution in [-0.2, 0) is 12.8 Å². The van der Waals surface area contributed by atoms with Crippen LogP contribution in [-0.4, -0.2) is 6.71 Å². The largest absolute Gasteiger partial charge is 0.244 e. The maximum atomic E-state index is 2.59. The van der Waals surface area contributed by atoms with Crippen LogP contribution in [0, 0.1) is 0 Å². The van der Waals surface area contributed by atoms with Crippen LogP contribution < -0.4 is 16.4 Å². The number of benzene rings is 7. The minimum absolute atomic E-state index is 0.235. The van der Waals surface area contributed by atoms with Crippen LogP contribution in [0.25, 0.3) is 66.1 Å². The summed E-state index contributed by atoms with van der Waals surface area (Å²) >= 11 is 0. The van der Waals surface area contributed by atoms with Gasteiger partial charge in [-0.25, -0.2) is 0 Å². The standard InChI is InChI=1S/C40H23B/c1-3-10-26-22(8-1)18-24-20-34-38-28(12-5-16-32(38)36(24)26)30-14-7-15-31-29-13-6-17-33-37-25(19-23-9-2-4-11-27(23)37)21-35(39(29)33)41(34)40(30)31/h1-17,20-21H,18-19H2. The fourth-order valence-electron chi connectivity index (χ4n) is 9.04. The molecule has 11 rings (SSSR count). The van der Waals surface area contributed by atoms with Crippen LogP contribution >= 0.6 is 0 Å². The van der Waals surface area contributed by atoms with Gasteiger partial charge in [0, 0.05) is 0 Å². The number of rotatable bonds is 0. The second kappa shape index (κ2) is 7.06. The molecule has 2 heterocycles. The first kappa shape index (κ1) is 20.9. The minimum atomic E-state index is 0.235. The molecule has 41 heavy (non-hydrogen) atoms. The van der Waals surface area contributed by atoms with E-state index in [4.69, 9.17) is 0 Å². The van der Waals surface area contributed by atoms with Crippen molar-refractivity contribution in [2.75, 3.05) is 0 Å². The molecule has 0 amide bonds. The van der Waals surface area contributed by atoms with Crippen molar-refractivity contribution < 1.29 is 0 Å². The lowest BCUT2D eigenvalue weighted by Crippen LogP contribution is -2.57. The van der Waals surface area contributed by atoms with Gasteiger partial charge >= 0.3 is 0 Å². The predicted molar refractivity (Wildman–Crippen MR) is 173 cm³/mol. The van der Waals surface area contributed by atoms with Crippen LogP contribution in [0.5, 0.6) is 0 Å². The van der Waals surface area contributed by atoms with E-state index in [2.05, 4.69) is 115 Å². The van der Waals surface area contributed by atoms with Crippen LogP contribution in [0.3, 0.4) is 0 Å². The summed E-state index contributed by atoms with van der Waals surface area (Å²) < 4.78 is 0. The Labute approximate surface area is 239 Å². The number of fused-ring (bicyclic) bond motifs is 12. The summed E-state index contributed by atoms with van der Waals surface area (Å²) in [5, 5.41) is 5.74. The zero-order valence-corrected chi connectivity index (χ0v) is 22.5. The van der Waals surface area contributed by atoms with E-state index in [1.807, 2.05) is 0 Å². The molecule has 0 spiro atoms. The average molecular weight is 514 g/mol. The first-order valence-electron chi connectivity index (χ1n) is 14.8. The Morgan fingerprint density at radius 1 is 0.390 bits per heavy atom. The van der Waals surface area contributed by atoms with E-state index in [1.54, 1.807) is 0 Å². The molecule has 0 aromatic heterocycles. The van der Waals surface area contributed by atoms with E-state index in [1.165, 1.54) is 105 Å². The molecule has 7 aromatic rings. The Morgan fingerprint density at radius 3 is 1.37 bits per heavy atom. The van der Waals surface area contributed by atoms with Gasteiger partial charge in [0.1, 0.15) is 0 Å². The predicted octanol–water partition coefficient (Wildman–Crippen LogP) is 7.61. The first-order valence-corrected chi connectivity index (χ1v) is 14.8. The molecular formula is C40H23B. The maximum absolute atomic E-state index is 2.59. The van der Waals surface area contributed by atoms with Gasteiger partial charge < -0.3 is 0 Å². The van der Waals surface area contributed by atoms with E-state index in [0.29, 0.717) is 0 Å². The maximum Gasteiger partial charge on any atom is 0.244 e. The molecule has 0 N–H and O–H groups in total. The lowest BCUT2D eigenvalue weighted by Gasteiger charge is -2.35. The van der Waals surface area contributed by atoms with Gasteiger partial charge in [0.05, 0.1) is 0 Å². The number of hydrogen-bond donors (Lipinski definition) is 0. The van der Waals surface area contributed by atoms with Crippen LogP contribution in [0.2, 0.25) is 0 Å². The highest BCUT2D eigenvalue weighted by Crippen LogP contribution is 2.47. The normalized spacial score (nSPS) is 14.1. The molecule has 186 valence electrons. The molecule has 0 radical (unpaired) electrons. The Hall–Kier alpha value is -4.88. The second-order valence-corrected chi connectivity index (χ2v) is 12.3. The summed E-state index contributed by atoms with van der Waals surface area (Å²) in [6.45, 7) is 0.235. The summed E-state index contributed by atoms with van der Waals surface area (Å²) in [6, 6.07) is 44.3. The third-order valence-corrected chi connectivity index (χ3v) is 10.5. The summed E-state index contributed by atoms with van der Waals surface area (Å²) in [4.78, 5) is 0. The summed E-state index contributed by atoms with van der Waals surface area (Å²) in [6.07, 6.45) is 2.04. The van der Waals surface area contributed by atoms with Crippen molar-refractivity contribution in [3.8, 4) is 44.5 Å². The quantitative estimate of drug-likeness (QED) is 0.183. The van der Waals surface area contributed by atoms with Gasteiger partial charge in [0.2, 0.25) is 6.71 Å². The molecule has 4 aliphatic rings.